The fourth-order valence-electron chi connectivity index (χ4n) is 1.84. The normalized spacial score (nSPS) is 11.6. The Balaban J connectivity index is 1.79. The second-order valence-electron chi connectivity index (χ2n) is 5.09. The molecule has 0 radical (unpaired) electrons. The molecule has 0 bridgehead atoms. The van der Waals surface area contributed by atoms with Crippen molar-refractivity contribution in [2.45, 2.75) is 19.9 Å². The van der Waals surface area contributed by atoms with Gasteiger partial charge in [-0.1, -0.05) is 35.9 Å². The Morgan fingerprint density at radius 1 is 1.23 bits per heavy atom. The molecule has 2 N–H and O–H groups in total. The lowest BCUT2D eigenvalue weighted by Crippen LogP contribution is -2.39. The van der Waals surface area contributed by atoms with Crippen LogP contribution in [0, 0.1) is 6.92 Å². The van der Waals surface area contributed by atoms with Gasteiger partial charge in [-0.05, 0) is 55.9 Å². The number of hydrogen-bond acceptors (Lipinski definition) is 2. The van der Waals surface area contributed by atoms with Crippen molar-refractivity contribution in [2.75, 3.05) is 11.9 Å². The summed E-state index contributed by atoms with van der Waals surface area (Å²) in [6, 6.07) is 15.5. The van der Waals surface area contributed by atoms with Crippen molar-refractivity contribution in [3.05, 3.63) is 59.1 Å². The average Bonchev–Trinajstić information content (AvgIpc) is 2.50. The Morgan fingerprint density at radius 3 is 2.64 bits per heavy atom. The highest BCUT2D eigenvalue weighted by Gasteiger charge is 2.06. The van der Waals surface area contributed by atoms with E-state index in [0.29, 0.717) is 16.7 Å². The van der Waals surface area contributed by atoms with Crippen molar-refractivity contribution in [1.82, 2.24) is 5.32 Å². The van der Waals surface area contributed by atoms with Gasteiger partial charge in [0.25, 0.3) is 0 Å². The van der Waals surface area contributed by atoms with Crippen LogP contribution in [-0.4, -0.2) is 17.8 Å². The summed E-state index contributed by atoms with van der Waals surface area (Å²) in [6.07, 6.45) is 0. The third-order valence-corrected chi connectivity index (χ3v) is 3.68. The van der Waals surface area contributed by atoms with Crippen molar-refractivity contribution in [3.8, 4) is 5.75 Å². The summed E-state index contributed by atoms with van der Waals surface area (Å²) in [5.74, 6) is 0.848. The molecule has 2 aromatic rings. The van der Waals surface area contributed by atoms with Crippen LogP contribution in [-0.2, 0) is 0 Å². The summed E-state index contributed by atoms with van der Waals surface area (Å²) in [5, 5.41) is 7.57. The third-order valence-electron chi connectivity index (χ3n) is 3.05. The molecule has 0 fully saturated rings. The Hall–Kier alpha value is -1.78. The first-order valence-electron chi connectivity index (χ1n) is 7.06. The van der Waals surface area contributed by atoms with Gasteiger partial charge in [0.1, 0.15) is 12.4 Å². The second kappa shape index (κ2) is 8.01. The number of ether oxygens (including phenoxy) is 1. The van der Waals surface area contributed by atoms with E-state index in [1.165, 1.54) is 0 Å². The summed E-state index contributed by atoms with van der Waals surface area (Å²) < 4.78 is 5.68. The van der Waals surface area contributed by atoms with Gasteiger partial charge in [0, 0.05) is 10.7 Å². The fraction of sp³-hybridized carbons (Fsp3) is 0.235. The molecule has 1 unspecified atom stereocenters. The number of benzene rings is 2. The molecule has 0 aliphatic rings. The van der Waals surface area contributed by atoms with E-state index < -0.39 is 0 Å². The molecular formula is C17H19ClN2OS. The highest BCUT2D eigenvalue weighted by atomic mass is 35.5. The molecule has 0 saturated carbocycles. The molecule has 0 spiro atoms. The molecule has 2 aromatic carbocycles. The highest BCUT2D eigenvalue weighted by Crippen LogP contribution is 2.19. The molecule has 5 heteroatoms. The summed E-state index contributed by atoms with van der Waals surface area (Å²) in [5.41, 5.74) is 1.90. The summed E-state index contributed by atoms with van der Waals surface area (Å²) in [7, 11) is 0. The molecule has 0 amide bonds. The van der Waals surface area contributed by atoms with Gasteiger partial charge in [-0.2, -0.15) is 0 Å². The number of nitrogens with one attached hydrogen (secondary N) is 2. The molecule has 0 heterocycles. The maximum absolute atomic E-state index is 6.10. The van der Waals surface area contributed by atoms with Gasteiger partial charge < -0.3 is 15.4 Å². The average molecular weight is 335 g/mol. The topological polar surface area (TPSA) is 33.3 Å². The predicted molar refractivity (Wildman–Crippen MR) is 96.9 cm³/mol. The van der Waals surface area contributed by atoms with E-state index in [4.69, 9.17) is 28.6 Å². The Morgan fingerprint density at radius 2 is 1.95 bits per heavy atom. The minimum atomic E-state index is 0.0844. The summed E-state index contributed by atoms with van der Waals surface area (Å²) in [4.78, 5) is 0. The van der Waals surface area contributed by atoms with Crippen LogP contribution in [0.25, 0.3) is 0 Å². The van der Waals surface area contributed by atoms with E-state index in [9.17, 15) is 0 Å². The minimum absolute atomic E-state index is 0.0844. The van der Waals surface area contributed by atoms with Gasteiger partial charge in [0.05, 0.1) is 6.04 Å². The maximum Gasteiger partial charge on any atom is 0.171 e. The van der Waals surface area contributed by atoms with Crippen LogP contribution in [0.2, 0.25) is 5.02 Å². The van der Waals surface area contributed by atoms with Crippen molar-refractivity contribution >= 4 is 34.6 Å². The summed E-state index contributed by atoms with van der Waals surface area (Å²) in [6.45, 7) is 4.51. The zero-order valence-corrected chi connectivity index (χ0v) is 14.2. The minimum Gasteiger partial charge on any atom is -0.491 e. The second-order valence-corrected chi connectivity index (χ2v) is 5.90. The maximum atomic E-state index is 6.10. The Bertz CT molecular complexity index is 634. The lowest BCUT2D eigenvalue weighted by atomic mass is 10.2. The van der Waals surface area contributed by atoms with Crippen LogP contribution in [0.15, 0.2) is 48.5 Å². The van der Waals surface area contributed by atoms with Gasteiger partial charge in [0.2, 0.25) is 0 Å². The predicted octanol–water partition coefficient (Wildman–Crippen LogP) is 4.40. The number of thiocarbonyl (C=S) groups is 1. The lowest BCUT2D eigenvalue weighted by molar-refractivity contribution is 0.287. The fourth-order valence-corrected chi connectivity index (χ4v) is 2.34. The standard InChI is InChI=1S/C17H19ClN2OS/c1-12-8-9-14(10-16(12)18)20-17(22)19-13(2)11-21-15-6-4-3-5-7-15/h3-10,13H,11H2,1-2H3,(H2,19,20,22). The first-order chi connectivity index (χ1) is 10.5. The molecule has 22 heavy (non-hydrogen) atoms. The zero-order valence-electron chi connectivity index (χ0n) is 12.6. The molecule has 0 aliphatic heterocycles. The van der Waals surface area contributed by atoms with Crippen LogP contribution >= 0.6 is 23.8 Å². The first kappa shape index (κ1) is 16.6. The Kier molecular flexibility index (Phi) is 6.04. The number of hydrogen-bond donors (Lipinski definition) is 2. The number of para-hydroxylation sites is 1. The van der Waals surface area contributed by atoms with E-state index in [-0.39, 0.29) is 6.04 Å². The third kappa shape index (κ3) is 5.20. The van der Waals surface area contributed by atoms with E-state index in [0.717, 1.165) is 17.0 Å². The first-order valence-corrected chi connectivity index (χ1v) is 7.85. The van der Waals surface area contributed by atoms with Crippen LogP contribution in [0.4, 0.5) is 5.69 Å². The number of rotatable bonds is 5. The number of aryl methyl sites for hydroxylation is 1. The van der Waals surface area contributed by atoms with E-state index in [1.54, 1.807) is 0 Å². The van der Waals surface area contributed by atoms with Gasteiger partial charge >= 0.3 is 0 Å². The molecule has 3 nitrogen and oxygen atoms in total. The van der Waals surface area contributed by atoms with E-state index >= 15 is 0 Å². The molecule has 0 aliphatic carbocycles. The molecule has 0 aromatic heterocycles. The number of halogens is 1. The number of anilines is 1. The summed E-state index contributed by atoms with van der Waals surface area (Å²) >= 11 is 11.4. The lowest BCUT2D eigenvalue weighted by Gasteiger charge is -2.18. The van der Waals surface area contributed by atoms with Gasteiger partial charge in [-0.3, -0.25) is 0 Å². The van der Waals surface area contributed by atoms with Crippen molar-refractivity contribution in [2.24, 2.45) is 0 Å². The van der Waals surface area contributed by atoms with Crippen molar-refractivity contribution < 1.29 is 4.74 Å². The molecule has 116 valence electrons. The highest BCUT2D eigenvalue weighted by molar-refractivity contribution is 7.80. The zero-order chi connectivity index (χ0) is 15.9. The van der Waals surface area contributed by atoms with E-state index in [2.05, 4.69) is 10.6 Å². The van der Waals surface area contributed by atoms with Crippen LogP contribution in [0.3, 0.4) is 0 Å². The molecule has 2 rings (SSSR count). The van der Waals surface area contributed by atoms with Crippen LogP contribution in [0.5, 0.6) is 5.75 Å². The molecule has 0 saturated heterocycles. The van der Waals surface area contributed by atoms with Gasteiger partial charge in [-0.15, -0.1) is 0 Å². The monoisotopic (exact) mass is 334 g/mol. The van der Waals surface area contributed by atoms with Crippen molar-refractivity contribution in [3.63, 3.8) is 0 Å². The molecule has 1 atom stereocenters. The van der Waals surface area contributed by atoms with Crippen LogP contribution in [0.1, 0.15) is 12.5 Å². The van der Waals surface area contributed by atoms with E-state index in [1.807, 2.05) is 62.4 Å². The SMILES string of the molecule is Cc1ccc(NC(=S)NC(C)COc2ccccc2)cc1Cl. The van der Waals surface area contributed by atoms with Crippen LogP contribution < -0.4 is 15.4 Å². The van der Waals surface area contributed by atoms with Gasteiger partial charge in [0.15, 0.2) is 5.11 Å². The smallest absolute Gasteiger partial charge is 0.171 e. The van der Waals surface area contributed by atoms with Crippen molar-refractivity contribution in [1.29, 1.82) is 0 Å². The largest absolute Gasteiger partial charge is 0.491 e. The van der Waals surface area contributed by atoms with Gasteiger partial charge in [-0.25, -0.2) is 0 Å². The molecular weight excluding hydrogens is 316 g/mol. The Labute approximate surface area is 141 Å². The quantitative estimate of drug-likeness (QED) is 0.794.